The second-order valence-electron chi connectivity index (χ2n) is 5.50. The highest BCUT2D eigenvalue weighted by Gasteiger charge is 2.20. The molecule has 4 heteroatoms. The number of nitrogens with two attached hydrogens (primary N) is 1. The topological polar surface area (TPSA) is 55.1 Å². The molecule has 1 saturated carbocycles. The van der Waals surface area contributed by atoms with Gasteiger partial charge >= 0.3 is 0 Å². The van der Waals surface area contributed by atoms with Gasteiger partial charge in [-0.05, 0) is 56.2 Å². The Labute approximate surface area is 121 Å². The first-order chi connectivity index (χ1) is 8.56. The first-order valence-corrected chi connectivity index (χ1v) is 6.73. The normalized spacial score (nSPS) is 22.4. The van der Waals surface area contributed by atoms with E-state index in [4.69, 9.17) is 5.73 Å². The predicted molar refractivity (Wildman–Crippen MR) is 81.7 cm³/mol. The number of hydrogen-bond acceptors (Lipinski definition) is 2. The van der Waals surface area contributed by atoms with E-state index < -0.39 is 0 Å². The van der Waals surface area contributed by atoms with E-state index in [1.807, 2.05) is 19.1 Å². The van der Waals surface area contributed by atoms with E-state index in [0.29, 0.717) is 17.3 Å². The molecule has 3 N–H and O–H groups in total. The molecule has 0 bridgehead atoms. The van der Waals surface area contributed by atoms with Crippen LogP contribution in [0.3, 0.4) is 0 Å². The molecule has 1 fully saturated rings. The van der Waals surface area contributed by atoms with E-state index in [0.717, 1.165) is 24.3 Å². The standard InChI is InChI=1S/C15H22N2O.ClH/c1-10-3-7-13(8-4-10)17-15(18)14-9-12(16)6-5-11(14)2;/h5-6,9-10,13H,3-4,7-8,16H2,1-2H3,(H,17,18);1H. The molecule has 0 heterocycles. The second kappa shape index (κ2) is 6.80. The maximum atomic E-state index is 12.2. The number of carbonyl (C=O) groups is 1. The van der Waals surface area contributed by atoms with Crippen LogP contribution in [-0.4, -0.2) is 11.9 Å². The first-order valence-electron chi connectivity index (χ1n) is 6.73. The molecule has 0 radical (unpaired) electrons. The second-order valence-corrected chi connectivity index (χ2v) is 5.50. The molecule has 0 spiro atoms. The van der Waals surface area contributed by atoms with Crippen LogP contribution < -0.4 is 11.1 Å². The van der Waals surface area contributed by atoms with E-state index in [2.05, 4.69) is 12.2 Å². The van der Waals surface area contributed by atoms with Gasteiger partial charge < -0.3 is 11.1 Å². The summed E-state index contributed by atoms with van der Waals surface area (Å²) in [6, 6.07) is 5.81. The summed E-state index contributed by atoms with van der Waals surface area (Å²) in [5, 5.41) is 3.13. The van der Waals surface area contributed by atoms with Crippen molar-refractivity contribution in [1.82, 2.24) is 5.32 Å². The number of rotatable bonds is 2. The van der Waals surface area contributed by atoms with Crippen molar-refractivity contribution in [3.63, 3.8) is 0 Å². The molecule has 1 aromatic carbocycles. The van der Waals surface area contributed by atoms with Crippen molar-refractivity contribution in [2.45, 2.75) is 45.6 Å². The fourth-order valence-electron chi connectivity index (χ4n) is 2.55. The molecule has 1 aromatic rings. The molecule has 1 amide bonds. The van der Waals surface area contributed by atoms with E-state index in [9.17, 15) is 4.79 Å². The maximum absolute atomic E-state index is 12.2. The zero-order chi connectivity index (χ0) is 13.1. The highest BCUT2D eigenvalue weighted by atomic mass is 35.5. The van der Waals surface area contributed by atoms with Crippen molar-refractivity contribution in [1.29, 1.82) is 0 Å². The molecule has 2 rings (SSSR count). The molecule has 0 atom stereocenters. The number of benzene rings is 1. The molecule has 1 aliphatic rings. The highest BCUT2D eigenvalue weighted by molar-refractivity contribution is 5.96. The summed E-state index contributed by atoms with van der Waals surface area (Å²) in [6.07, 6.45) is 4.60. The number of amides is 1. The van der Waals surface area contributed by atoms with Gasteiger partial charge in [0.2, 0.25) is 0 Å². The lowest BCUT2D eigenvalue weighted by Crippen LogP contribution is -2.37. The molecule has 3 nitrogen and oxygen atoms in total. The molecular formula is C15H23ClN2O. The molecule has 0 saturated heterocycles. The van der Waals surface area contributed by atoms with Crippen molar-refractivity contribution in [3.8, 4) is 0 Å². The van der Waals surface area contributed by atoms with Gasteiger partial charge in [-0.15, -0.1) is 12.4 Å². The van der Waals surface area contributed by atoms with E-state index >= 15 is 0 Å². The van der Waals surface area contributed by atoms with Crippen molar-refractivity contribution in [3.05, 3.63) is 29.3 Å². The van der Waals surface area contributed by atoms with E-state index in [1.54, 1.807) is 6.07 Å². The Kier molecular flexibility index (Phi) is 5.67. The largest absolute Gasteiger partial charge is 0.399 e. The lowest BCUT2D eigenvalue weighted by molar-refractivity contribution is 0.0922. The van der Waals surface area contributed by atoms with Crippen molar-refractivity contribution >= 4 is 24.0 Å². The molecule has 0 aromatic heterocycles. The third-order valence-electron chi connectivity index (χ3n) is 3.86. The van der Waals surface area contributed by atoms with Gasteiger partial charge in [0.15, 0.2) is 0 Å². The Balaban J connectivity index is 0.00000180. The fraction of sp³-hybridized carbons (Fsp3) is 0.533. The van der Waals surface area contributed by atoms with Gasteiger partial charge in [-0.3, -0.25) is 4.79 Å². The van der Waals surface area contributed by atoms with Crippen LogP contribution >= 0.6 is 12.4 Å². The van der Waals surface area contributed by atoms with Gasteiger partial charge in [0.1, 0.15) is 0 Å². The zero-order valence-corrected chi connectivity index (χ0v) is 12.4. The minimum absolute atomic E-state index is 0. The minimum atomic E-state index is 0. The van der Waals surface area contributed by atoms with Crippen LogP contribution in [0.5, 0.6) is 0 Å². The maximum Gasteiger partial charge on any atom is 0.251 e. The van der Waals surface area contributed by atoms with E-state index in [-0.39, 0.29) is 18.3 Å². The summed E-state index contributed by atoms with van der Waals surface area (Å²) in [6.45, 7) is 4.22. The van der Waals surface area contributed by atoms with Crippen LogP contribution in [0.1, 0.15) is 48.5 Å². The van der Waals surface area contributed by atoms with Gasteiger partial charge in [-0.2, -0.15) is 0 Å². The average molecular weight is 283 g/mol. The van der Waals surface area contributed by atoms with Crippen LogP contribution in [0.2, 0.25) is 0 Å². The first kappa shape index (κ1) is 15.8. The summed E-state index contributed by atoms with van der Waals surface area (Å²) >= 11 is 0. The van der Waals surface area contributed by atoms with Crippen molar-refractivity contribution in [2.75, 3.05) is 5.73 Å². The summed E-state index contributed by atoms with van der Waals surface area (Å²) < 4.78 is 0. The smallest absolute Gasteiger partial charge is 0.251 e. The highest BCUT2D eigenvalue weighted by Crippen LogP contribution is 2.24. The third-order valence-corrected chi connectivity index (χ3v) is 3.86. The van der Waals surface area contributed by atoms with Crippen LogP contribution in [0, 0.1) is 12.8 Å². The summed E-state index contributed by atoms with van der Waals surface area (Å²) in [4.78, 5) is 12.2. The molecule has 106 valence electrons. The van der Waals surface area contributed by atoms with Crippen LogP contribution in [-0.2, 0) is 0 Å². The zero-order valence-electron chi connectivity index (χ0n) is 11.6. The predicted octanol–water partition coefficient (Wildman–Crippen LogP) is 3.31. The summed E-state index contributed by atoms with van der Waals surface area (Å²) in [5.41, 5.74) is 8.06. The number of halogens is 1. The van der Waals surface area contributed by atoms with Crippen molar-refractivity contribution in [2.24, 2.45) is 5.92 Å². The van der Waals surface area contributed by atoms with Crippen LogP contribution in [0.15, 0.2) is 18.2 Å². The number of carbonyl (C=O) groups excluding carboxylic acids is 1. The number of nitrogen functional groups attached to an aromatic ring is 1. The van der Waals surface area contributed by atoms with Gasteiger partial charge in [0, 0.05) is 17.3 Å². The molecule has 1 aliphatic carbocycles. The van der Waals surface area contributed by atoms with Crippen LogP contribution in [0.25, 0.3) is 0 Å². The fourth-order valence-corrected chi connectivity index (χ4v) is 2.55. The average Bonchev–Trinajstić information content (AvgIpc) is 2.35. The molecule has 19 heavy (non-hydrogen) atoms. The third kappa shape index (κ3) is 4.13. The number of anilines is 1. The summed E-state index contributed by atoms with van der Waals surface area (Å²) in [7, 11) is 0. The quantitative estimate of drug-likeness (QED) is 0.818. The summed E-state index contributed by atoms with van der Waals surface area (Å²) in [5.74, 6) is 0.812. The van der Waals surface area contributed by atoms with Gasteiger partial charge in [0.05, 0.1) is 0 Å². The Morgan fingerprint density at radius 2 is 1.89 bits per heavy atom. The molecular weight excluding hydrogens is 260 g/mol. The SMILES string of the molecule is Cc1ccc(N)cc1C(=O)NC1CCC(C)CC1.Cl. The Morgan fingerprint density at radius 3 is 2.53 bits per heavy atom. The Morgan fingerprint density at radius 1 is 1.26 bits per heavy atom. The minimum Gasteiger partial charge on any atom is -0.399 e. The van der Waals surface area contributed by atoms with Crippen molar-refractivity contribution < 1.29 is 4.79 Å². The van der Waals surface area contributed by atoms with E-state index in [1.165, 1.54) is 12.8 Å². The Bertz CT molecular complexity index is 440. The molecule has 0 aliphatic heterocycles. The monoisotopic (exact) mass is 282 g/mol. The Hall–Kier alpha value is -1.22. The lowest BCUT2D eigenvalue weighted by atomic mass is 9.87. The lowest BCUT2D eigenvalue weighted by Gasteiger charge is -2.27. The number of nitrogens with one attached hydrogen (secondary N) is 1. The van der Waals surface area contributed by atoms with Crippen LogP contribution in [0.4, 0.5) is 5.69 Å². The van der Waals surface area contributed by atoms with Gasteiger partial charge in [0.25, 0.3) is 5.91 Å². The number of aryl methyl sites for hydroxylation is 1. The van der Waals surface area contributed by atoms with Gasteiger partial charge in [-0.1, -0.05) is 13.0 Å². The number of hydrogen-bond donors (Lipinski definition) is 2. The van der Waals surface area contributed by atoms with Gasteiger partial charge in [-0.25, -0.2) is 0 Å². The molecule has 0 unspecified atom stereocenters.